The Labute approximate surface area is 164 Å². The van der Waals surface area contributed by atoms with Gasteiger partial charge >= 0.3 is 0 Å². The van der Waals surface area contributed by atoms with Crippen molar-refractivity contribution in [2.75, 3.05) is 12.4 Å². The summed E-state index contributed by atoms with van der Waals surface area (Å²) in [5.74, 6) is 0. The van der Waals surface area contributed by atoms with Crippen molar-refractivity contribution in [3.8, 4) is 11.1 Å². The summed E-state index contributed by atoms with van der Waals surface area (Å²) in [5, 5.41) is 5.53. The van der Waals surface area contributed by atoms with Crippen LogP contribution in [0.4, 0.5) is 5.69 Å². The van der Waals surface area contributed by atoms with Crippen LogP contribution in [-0.4, -0.2) is 23.1 Å². The number of fused-ring (bicyclic) bond motifs is 1. The molecule has 0 aliphatic heterocycles. The number of H-pyrrole nitrogens is 1. The second kappa shape index (κ2) is 7.97. The smallest absolute Gasteiger partial charge is 0.138 e. The molecule has 3 rings (SSSR count). The van der Waals surface area contributed by atoms with Crippen molar-refractivity contribution in [1.29, 1.82) is 0 Å². The topological polar surface area (TPSA) is 49.9 Å². The van der Waals surface area contributed by atoms with E-state index in [4.69, 9.17) is 4.74 Å². The van der Waals surface area contributed by atoms with Gasteiger partial charge in [-0.25, -0.2) is 4.98 Å². The van der Waals surface area contributed by atoms with E-state index in [2.05, 4.69) is 67.7 Å². The first-order valence-electron chi connectivity index (χ1n) is 8.23. The molecular weight excluding hydrogens is 445 g/mol. The van der Waals surface area contributed by atoms with Gasteiger partial charge in [-0.05, 0) is 58.5 Å². The summed E-state index contributed by atoms with van der Waals surface area (Å²) in [7, 11) is 3.64. The van der Waals surface area contributed by atoms with E-state index in [9.17, 15) is 0 Å². The van der Waals surface area contributed by atoms with E-state index in [0.29, 0.717) is 6.61 Å². The van der Waals surface area contributed by atoms with Gasteiger partial charge in [0, 0.05) is 51.1 Å². The van der Waals surface area contributed by atoms with Crippen LogP contribution in [0.3, 0.4) is 0 Å². The van der Waals surface area contributed by atoms with E-state index in [1.807, 2.05) is 27.1 Å². The third-order valence-electron chi connectivity index (χ3n) is 4.13. The highest BCUT2D eigenvalue weighted by Crippen LogP contribution is 2.41. The fourth-order valence-corrected chi connectivity index (χ4v) is 4.25. The predicted molar refractivity (Wildman–Crippen MR) is 116 cm³/mol. The van der Waals surface area contributed by atoms with E-state index in [1.165, 1.54) is 16.7 Å². The lowest BCUT2D eigenvalue weighted by Gasteiger charge is -2.10. The third kappa shape index (κ3) is 3.96. The number of rotatable bonds is 6. The number of aromatic nitrogens is 2. The molecule has 0 atom stereocenters. The van der Waals surface area contributed by atoms with Crippen LogP contribution < -0.4 is 5.32 Å². The lowest BCUT2D eigenvalue weighted by molar-refractivity contribution is 0.0656. The van der Waals surface area contributed by atoms with Crippen LogP contribution in [0.2, 0.25) is 0 Å². The minimum absolute atomic E-state index is 0.206. The number of nitrogens with one attached hydrogen (secondary N) is 2. The molecule has 25 heavy (non-hydrogen) atoms. The van der Waals surface area contributed by atoms with Crippen LogP contribution in [0, 0.1) is 6.92 Å². The van der Waals surface area contributed by atoms with Crippen LogP contribution >= 0.6 is 30.1 Å². The Kier molecular flexibility index (Phi) is 5.91. The highest BCUT2D eigenvalue weighted by Gasteiger charge is 2.16. The number of benzene rings is 1. The van der Waals surface area contributed by atoms with E-state index in [1.54, 1.807) is 8.93 Å². The Bertz CT molecular complexity index is 892. The second-order valence-corrected chi connectivity index (χ2v) is 8.17. The van der Waals surface area contributed by atoms with E-state index in [0.717, 1.165) is 27.3 Å². The zero-order valence-electron chi connectivity index (χ0n) is 14.8. The fraction of sp³-hybridized carbons (Fsp3) is 0.316. The van der Waals surface area contributed by atoms with Crippen LogP contribution in [0.1, 0.15) is 25.0 Å². The molecule has 4 nitrogen and oxygen atoms in total. The first kappa shape index (κ1) is 18.5. The minimum atomic E-state index is 0.206. The monoisotopic (exact) mass is 467 g/mol. The molecule has 0 aliphatic rings. The van der Waals surface area contributed by atoms with Gasteiger partial charge in [-0.15, -0.1) is 0 Å². The highest BCUT2D eigenvalue weighted by atomic mass is 127. The molecule has 0 aliphatic carbocycles. The van der Waals surface area contributed by atoms with Gasteiger partial charge in [0.1, 0.15) is 5.65 Å². The molecule has 0 bridgehead atoms. The van der Waals surface area contributed by atoms with Crippen molar-refractivity contribution in [1.82, 2.24) is 9.97 Å². The van der Waals surface area contributed by atoms with Gasteiger partial charge in [0.2, 0.25) is 0 Å². The molecule has 2 heterocycles. The molecule has 6 heteroatoms. The van der Waals surface area contributed by atoms with E-state index in [-0.39, 0.29) is 6.10 Å². The van der Waals surface area contributed by atoms with Crippen molar-refractivity contribution in [2.24, 2.45) is 0 Å². The molecule has 0 saturated heterocycles. The Hall–Kier alpha value is -1.25. The molecule has 2 aromatic heterocycles. The highest BCUT2D eigenvalue weighted by molar-refractivity contribution is 14.2. The molecule has 3 aromatic rings. The number of nitrogens with zero attached hydrogens (tertiary/aromatic N) is 1. The summed E-state index contributed by atoms with van der Waals surface area (Å²) >= 11 is 2.32. The fourth-order valence-electron chi connectivity index (χ4n) is 2.82. The number of halogens is 1. The zero-order valence-corrected chi connectivity index (χ0v) is 17.8. The van der Waals surface area contributed by atoms with Gasteiger partial charge in [-0.3, -0.25) is 0 Å². The number of aryl methyl sites for hydroxylation is 1. The molecule has 132 valence electrons. The number of hydrogen-bond donors (Lipinski definition) is 2. The normalized spacial score (nSPS) is 11.4. The molecule has 1 aromatic carbocycles. The van der Waals surface area contributed by atoms with E-state index >= 15 is 0 Å². The lowest BCUT2D eigenvalue weighted by atomic mass is 10.0. The molecule has 0 fully saturated rings. The van der Waals surface area contributed by atoms with Crippen molar-refractivity contribution < 1.29 is 4.74 Å². The molecular formula is C19H22IN3OS. The molecule has 0 amide bonds. The predicted octanol–water partition coefficient (Wildman–Crippen LogP) is 5.95. The molecule has 2 N–H and O–H groups in total. The first-order chi connectivity index (χ1) is 12.0. The maximum Gasteiger partial charge on any atom is 0.138 e. The summed E-state index contributed by atoms with van der Waals surface area (Å²) in [5.41, 5.74) is 6.76. The van der Waals surface area contributed by atoms with Gasteiger partial charge in [0.25, 0.3) is 0 Å². The largest absolute Gasteiger partial charge is 0.388 e. The standard InChI is InChI=1S/C19H22IN3OS/c1-11(2)24-10-13-7-15-17(19(25-20)23-18(15)22-9-13)14-6-5-12(3)16(8-14)21-4/h5-9,11,21H,10H2,1-4H3,(H,22,23). The number of aromatic amines is 1. The quantitative estimate of drug-likeness (QED) is 0.440. The minimum Gasteiger partial charge on any atom is -0.388 e. The summed E-state index contributed by atoms with van der Waals surface area (Å²) < 4.78 is 5.74. The van der Waals surface area contributed by atoms with Crippen LogP contribution in [0.15, 0.2) is 35.5 Å². The number of ether oxygens (including phenoxy) is 1. The van der Waals surface area contributed by atoms with Crippen molar-refractivity contribution in [3.63, 3.8) is 0 Å². The van der Waals surface area contributed by atoms with Crippen LogP contribution in [0.25, 0.3) is 22.2 Å². The van der Waals surface area contributed by atoms with Gasteiger partial charge in [-0.2, -0.15) is 0 Å². The number of hydrogen-bond acceptors (Lipinski definition) is 4. The molecule has 0 saturated carbocycles. The Balaban J connectivity index is 2.13. The average Bonchev–Trinajstić information content (AvgIpc) is 2.98. The molecule has 0 radical (unpaired) electrons. The zero-order chi connectivity index (χ0) is 18.0. The summed E-state index contributed by atoms with van der Waals surface area (Å²) in [6.07, 6.45) is 2.10. The van der Waals surface area contributed by atoms with Crippen LogP contribution in [-0.2, 0) is 11.3 Å². The maximum absolute atomic E-state index is 5.74. The van der Waals surface area contributed by atoms with E-state index < -0.39 is 0 Å². The summed E-state index contributed by atoms with van der Waals surface area (Å²) in [6.45, 7) is 6.78. The Morgan fingerprint density at radius 2 is 2.12 bits per heavy atom. The SMILES string of the molecule is CNc1cc(-c2c(SI)[nH]c3ncc(COC(C)C)cc23)ccc1C. The number of pyridine rings is 1. The van der Waals surface area contributed by atoms with Crippen molar-refractivity contribution in [3.05, 3.63) is 41.6 Å². The first-order valence-corrected chi connectivity index (χ1v) is 11.6. The van der Waals surface area contributed by atoms with Crippen molar-refractivity contribution in [2.45, 2.75) is 38.5 Å². The third-order valence-corrected chi connectivity index (χ3v) is 5.91. The average molecular weight is 467 g/mol. The van der Waals surface area contributed by atoms with Gasteiger partial charge in [0.05, 0.1) is 17.7 Å². The summed E-state index contributed by atoms with van der Waals surface area (Å²) in [4.78, 5) is 8.05. The Morgan fingerprint density at radius 3 is 2.80 bits per heavy atom. The van der Waals surface area contributed by atoms with Crippen LogP contribution in [0.5, 0.6) is 0 Å². The second-order valence-electron chi connectivity index (χ2n) is 6.29. The lowest BCUT2D eigenvalue weighted by Crippen LogP contribution is -2.02. The van der Waals surface area contributed by atoms with Gasteiger partial charge in [-0.1, -0.05) is 12.1 Å². The summed E-state index contributed by atoms with van der Waals surface area (Å²) in [6, 6.07) is 8.71. The molecule has 0 unspecified atom stereocenters. The molecule has 0 spiro atoms. The Morgan fingerprint density at radius 1 is 1.32 bits per heavy atom. The van der Waals surface area contributed by atoms with Gasteiger partial charge in [0.15, 0.2) is 0 Å². The number of anilines is 1. The van der Waals surface area contributed by atoms with Crippen molar-refractivity contribution >= 4 is 46.9 Å². The van der Waals surface area contributed by atoms with Gasteiger partial charge < -0.3 is 15.0 Å². The maximum atomic E-state index is 5.74.